The lowest BCUT2D eigenvalue weighted by molar-refractivity contribution is -0.119. The first-order valence-corrected chi connectivity index (χ1v) is 6.45. The van der Waals surface area contributed by atoms with Crippen LogP contribution in [-0.4, -0.2) is 11.9 Å². The number of hydrogen-bond acceptors (Lipinski definition) is 1. The molecule has 1 aliphatic rings. The summed E-state index contributed by atoms with van der Waals surface area (Å²) in [5.41, 5.74) is 0. The van der Waals surface area contributed by atoms with Gasteiger partial charge in [-0.05, 0) is 18.8 Å². The third-order valence-corrected chi connectivity index (χ3v) is 3.41. The zero-order valence-corrected chi connectivity index (χ0v) is 10.2. The highest BCUT2D eigenvalue weighted by molar-refractivity contribution is 5.73. The second-order valence-corrected chi connectivity index (χ2v) is 5.07. The van der Waals surface area contributed by atoms with Gasteiger partial charge in [-0.2, -0.15) is 0 Å². The summed E-state index contributed by atoms with van der Waals surface area (Å²) in [5, 5.41) is 3.07. The Morgan fingerprint density at radius 3 is 1.93 bits per heavy atom. The number of carbonyl (C=O) groups excluding carboxylic acids is 1. The van der Waals surface area contributed by atoms with Crippen LogP contribution in [0, 0.1) is 5.92 Å². The second-order valence-electron chi connectivity index (χ2n) is 5.07. The Balaban J connectivity index is 2.31. The number of hydrogen-bond donors (Lipinski definition) is 1. The quantitative estimate of drug-likeness (QED) is 0.708. The minimum atomic E-state index is 0.130. The van der Waals surface area contributed by atoms with Crippen LogP contribution < -0.4 is 5.32 Å². The van der Waals surface area contributed by atoms with E-state index in [0.29, 0.717) is 6.04 Å². The van der Waals surface area contributed by atoms with Crippen LogP contribution >= 0.6 is 0 Å². The summed E-state index contributed by atoms with van der Waals surface area (Å²) < 4.78 is 0. The SMILES string of the molecule is CC(=O)NC1CCCCC(C)CCCC1. The molecule has 0 bridgehead atoms. The maximum atomic E-state index is 11.0. The van der Waals surface area contributed by atoms with Crippen LogP contribution in [0.15, 0.2) is 0 Å². The number of rotatable bonds is 1. The molecule has 2 nitrogen and oxygen atoms in total. The van der Waals surface area contributed by atoms with Gasteiger partial charge in [-0.1, -0.05) is 45.4 Å². The van der Waals surface area contributed by atoms with Gasteiger partial charge in [0.2, 0.25) is 5.91 Å². The number of amides is 1. The average molecular weight is 211 g/mol. The molecule has 1 rings (SSSR count). The molecule has 1 saturated carbocycles. The summed E-state index contributed by atoms with van der Waals surface area (Å²) in [4.78, 5) is 11.0. The third-order valence-electron chi connectivity index (χ3n) is 3.41. The van der Waals surface area contributed by atoms with Gasteiger partial charge in [0.1, 0.15) is 0 Å². The van der Waals surface area contributed by atoms with E-state index in [4.69, 9.17) is 0 Å². The molecule has 1 fully saturated rings. The van der Waals surface area contributed by atoms with E-state index < -0.39 is 0 Å². The third kappa shape index (κ3) is 5.81. The van der Waals surface area contributed by atoms with E-state index in [1.807, 2.05) is 0 Å². The molecule has 0 aliphatic heterocycles. The molecule has 0 aromatic rings. The summed E-state index contributed by atoms with van der Waals surface area (Å²) in [5.74, 6) is 1.03. The van der Waals surface area contributed by atoms with Gasteiger partial charge in [-0.25, -0.2) is 0 Å². The molecule has 0 saturated heterocycles. The molecule has 1 N–H and O–H groups in total. The Morgan fingerprint density at radius 2 is 1.47 bits per heavy atom. The van der Waals surface area contributed by atoms with Gasteiger partial charge in [0.15, 0.2) is 0 Å². The van der Waals surface area contributed by atoms with Crippen LogP contribution in [-0.2, 0) is 4.79 Å². The minimum Gasteiger partial charge on any atom is -0.354 e. The highest BCUT2D eigenvalue weighted by Crippen LogP contribution is 2.21. The van der Waals surface area contributed by atoms with Crippen LogP contribution in [0.2, 0.25) is 0 Å². The standard InChI is InChI=1S/C13H25NO/c1-11-7-3-5-9-13(14-12(2)15)10-6-4-8-11/h11,13H,3-10H2,1-2H3,(H,14,15). The first-order chi connectivity index (χ1) is 7.18. The fraction of sp³-hybridized carbons (Fsp3) is 0.923. The summed E-state index contributed by atoms with van der Waals surface area (Å²) in [6.45, 7) is 3.99. The first kappa shape index (κ1) is 12.5. The fourth-order valence-electron chi connectivity index (χ4n) is 2.49. The Morgan fingerprint density at radius 1 is 1.00 bits per heavy atom. The number of carbonyl (C=O) groups is 1. The summed E-state index contributed by atoms with van der Waals surface area (Å²) in [6.07, 6.45) is 10.3. The Labute approximate surface area is 93.8 Å². The van der Waals surface area contributed by atoms with E-state index in [1.54, 1.807) is 6.92 Å². The zero-order valence-electron chi connectivity index (χ0n) is 10.2. The normalized spacial score (nSPS) is 29.5. The molecule has 88 valence electrons. The van der Waals surface area contributed by atoms with E-state index in [-0.39, 0.29) is 5.91 Å². The predicted molar refractivity (Wildman–Crippen MR) is 63.7 cm³/mol. The highest BCUT2D eigenvalue weighted by atomic mass is 16.1. The highest BCUT2D eigenvalue weighted by Gasteiger charge is 2.12. The second kappa shape index (κ2) is 6.86. The molecule has 0 spiro atoms. The molecule has 0 aromatic carbocycles. The van der Waals surface area contributed by atoms with Gasteiger partial charge in [-0.15, -0.1) is 0 Å². The fourth-order valence-corrected chi connectivity index (χ4v) is 2.49. The lowest BCUT2D eigenvalue weighted by atomic mass is 9.92. The first-order valence-electron chi connectivity index (χ1n) is 6.45. The molecular formula is C13H25NO. The van der Waals surface area contributed by atoms with Crippen molar-refractivity contribution in [2.45, 2.75) is 71.3 Å². The molecule has 15 heavy (non-hydrogen) atoms. The van der Waals surface area contributed by atoms with Crippen LogP contribution in [0.1, 0.15) is 65.2 Å². The largest absolute Gasteiger partial charge is 0.354 e. The summed E-state index contributed by atoms with van der Waals surface area (Å²) in [6, 6.07) is 0.441. The number of nitrogens with one attached hydrogen (secondary N) is 1. The van der Waals surface area contributed by atoms with Crippen molar-refractivity contribution >= 4 is 5.91 Å². The van der Waals surface area contributed by atoms with E-state index >= 15 is 0 Å². The molecule has 2 heteroatoms. The van der Waals surface area contributed by atoms with Gasteiger partial charge >= 0.3 is 0 Å². The van der Waals surface area contributed by atoms with Gasteiger partial charge < -0.3 is 5.32 Å². The van der Waals surface area contributed by atoms with Gasteiger partial charge in [-0.3, -0.25) is 4.79 Å². The van der Waals surface area contributed by atoms with Crippen LogP contribution in [0.3, 0.4) is 0 Å². The Hall–Kier alpha value is -0.530. The van der Waals surface area contributed by atoms with Crippen molar-refractivity contribution in [1.29, 1.82) is 0 Å². The molecular weight excluding hydrogens is 186 g/mol. The van der Waals surface area contributed by atoms with Gasteiger partial charge in [0.25, 0.3) is 0 Å². The Kier molecular flexibility index (Phi) is 5.74. The van der Waals surface area contributed by atoms with Crippen molar-refractivity contribution in [1.82, 2.24) is 5.32 Å². The molecule has 0 radical (unpaired) electrons. The molecule has 1 amide bonds. The van der Waals surface area contributed by atoms with E-state index in [9.17, 15) is 4.79 Å². The van der Waals surface area contributed by atoms with Crippen LogP contribution in [0.5, 0.6) is 0 Å². The van der Waals surface area contributed by atoms with E-state index in [2.05, 4.69) is 12.2 Å². The Bertz CT molecular complexity index is 179. The smallest absolute Gasteiger partial charge is 0.217 e. The van der Waals surface area contributed by atoms with E-state index in [0.717, 1.165) is 5.92 Å². The summed E-state index contributed by atoms with van der Waals surface area (Å²) >= 11 is 0. The monoisotopic (exact) mass is 211 g/mol. The van der Waals surface area contributed by atoms with Gasteiger partial charge in [0, 0.05) is 13.0 Å². The average Bonchev–Trinajstić information content (AvgIpc) is 2.18. The lowest BCUT2D eigenvalue weighted by Crippen LogP contribution is -2.33. The molecule has 0 atom stereocenters. The molecule has 1 aliphatic carbocycles. The lowest BCUT2D eigenvalue weighted by Gasteiger charge is -2.20. The van der Waals surface area contributed by atoms with Gasteiger partial charge in [0.05, 0.1) is 0 Å². The van der Waals surface area contributed by atoms with Crippen molar-refractivity contribution in [3.63, 3.8) is 0 Å². The van der Waals surface area contributed by atoms with Crippen LogP contribution in [0.4, 0.5) is 0 Å². The summed E-state index contributed by atoms with van der Waals surface area (Å²) in [7, 11) is 0. The van der Waals surface area contributed by atoms with E-state index in [1.165, 1.54) is 51.4 Å². The maximum Gasteiger partial charge on any atom is 0.217 e. The zero-order chi connectivity index (χ0) is 11.1. The van der Waals surface area contributed by atoms with Crippen molar-refractivity contribution in [3.8, 4) is 0 Å². The molecule has 0 unspecified atom stereocenters. The van der Waals surface area contributed by atoms with Crippen molar-refractivity contribution < 1.29 is 4.79 Å². The maximum absolute atomic E-state index is 11.0. The predicted octanol–water partition coefficient (Wildman–Crippen LogP) is 3.26. The minimum absolute atomic E-state index is 0.130. The van der Waals surface area contributed by atoms with Crippen molar-refractivity contribution in [2.75, 3.05) is 0 Å². The van der Waals surface area contributed by atoms with Crippen molar-refractivity contribution in [3.05, 3.63) is 0 Å². The molecule has 0 aromatic heterocycles. The topological polar surface area (TPSA) is 29.1 Å². The van der Waals surface area contributed by atoms with Crippen LogP contribution in [0.25, 0.3) is 0 Å². The van der Waals surface area contributed by atoms with Crippen molar-refractivity contribution in [2.24, 2.45) is 5.92 Å². The molecule has 0 heterocycles.